The monoisotopic (exact) mass is 161 g/mol. The summed E-state index contributed by atoms with van der Waals surface area (Å²) in [5, 5.41) is 0. The van der Waals surface area contributed by atoms with Crippen molar-refractivity contribution in [1.82, 2.24) is 0 Å². The fourth-order valence-corrected chi connectivity index (χ4v) is 1.18. The van der Waals surface area contributed by atoms with Gasteiger partial charge in [0.1, 0.15) is 0 Å². The Balaban J connectivity index is 2.69. The zero-order valence-electron chi connectivity index (χ0n) is 7.51. The first kappa shape index (κ1) is 9.01. The van der Waals surface area contributed by atoms with Crippen LogP contribution in [0.15, 0.2) is 36.4 Å². The van der Waals surface area contributed by atoms with Gasteiger partial charge in [0.15, 0.2) is 0 Å². The first-order valence-corrected chi connectivity index (χ1v) is 4.14. The van der Waals surface area contributed by atoms with Crippen LogP contribution >= 0.6 is 0 Å². The molecule has 1 heteroatoms. The van der Waals surface area contributed by atoms with Crippen LogP contribution in [0.2, 0.25) is 0 Å². The molecule has 64 valence electrons. The molecule has 2 N–H and O–H groups in total. The van der Waals surface area contributed by atoms with Crippen molar-refractivity contribution in [2.75, 3.05) is 6.54 Å². The molecule has 0 amide bonds. The highest BCUT2D eigenvalue weighted by molar-refractivity contribution is 5.25. The second kappa shape index (κ2) is 4.07. The standard InChI is InChI=1S/C11H15N/c1-9-4-3-5-11(6-9)7-10(2)8-12/h3-6H,2,7-8,12H2,1H3. The number of rotatable bonds is 3. The predicted octanol–water partition coefficient (Wildman–Crippen LogP) is 2.05. The molecule has 0 fully saturated rings. The lowest BCUT2D eigenvalue weighted by Crippen LogP contribution is -2.04. The van der Waals surface area contributed by atoms with Crippen LogP contribution in [0, 0.1) is 6.92 Å². The highest BCUT2D eigenvalue weighted by atomic mass is 14.5. The largest absolute Gasteiger partial charge is 0.327 e. The van der Waals surface area contributed by atoms with Gasteiger partial charge < -0.3 is 5.73 Å². The molecule has 1 rings (SSSR count). The first-order chi connectivity index (χ1) is 5.72. The lowest BCUT2D eigenvalue weighted by molar-refractivity contribution is 1.04. The summed E-state index contributed by atoms with van der Waals surface area (Å²) in [7, 11) is 0. The molecule has 0 radical (unpaired) electrons. The van der Waals surface area contributed by atoms with Gasteiger partial charge in [-0.3, -0.25) is 0 Å². The average Bonchev–Trinajstić information content (AvgIpc) is 2.04. The Bertz CT molecular complexity index is 276. The first-order valence-electron chi connectivity index (χ1n) is 4.14. The van der Waals surface area contributed by atoms with E-state index in [4.69, 9.17) is 5.73 Å². The molecule has 0 aliphatic carbocycles. The van der Waals surface area contributed by atoms with Crippen molar-refractivity contribution in [3.05, 3.63) is 47.5 Å². The summed E-state index contributed by atoms with van der Waals surface area (Å²) in [6, 6.07) is 8.43. The molecule has 1 aromatic carbocycles. The van der Waals surface area contributed by atoms with Gasteiger partial charge in [-0.1, -0.05) is 42.0 Å². The number of hydrogen-bond acceptors (Lipinski definition) is 1. The van der Waals surface area contributed by atoms with E-state index in [1.165, 1.54) is 11.1 Å². The summed E-state index contributed by atoms with van der Waals surface area (Å²) in [6.45, 7) is 6.54. The van der Waals surface area contributed by atoms with Gasteiger partial charge in [0.25, 0.3) is 0 Å². The van der Waals surface area contributed by atoms with E-state index in [-0.39, 0.29) is 0 Å². The topological polar surface area (TPSA) is 26.0 Å². The van der Waals surface area contributed by atoms with Crippen molar-refractivity contribution < 1.29 is 0 Å². The van der Waals surface area contributed by atoms with Crippen LogP contribution < -0.4 is 5.73 Å². The van der Waals surface area contributed by atoms with Crippen molar-refractivity contribution in [1.29, 1.82) is 0 Å². The molecular weight excluding hydrogens is 146 g/mol. The molecular formula is C11H15N. The lowest BCUT2D eigenvalue weighted by Gasteiger charge is -2.03. The molecule has 0 aromatic heterocycles. The van der Waals surface area contributed by atoms with E-state index in [1.807, 2.05) is 0 Å². The van der Waals surface area contributed by atoms with Gasteiger partial charge >= 0.3 is 0 Å². The van der Waals surface area contributed by atoms with Crippen LogP contribution in [0.1, 0.15) is 11.1 Å². The number of hydrogen-bond donors (Lipinski definition) is 1. The van der Waals surface area contributed by atoms with Crippen molar-refractivity contribution in [2.24, 2.45) is 5.73 Å². The predicted molar refractivity (Wildman–Crippen MR) is 53.1 cm³/mol. The lowest BCUT2D eigenvalue weighted by atomic mass is 10.0. The third-order valence-electron chi connectivity index (χ3n) is 1.83. The minimum Gasteiger partial charge on any atom is -0.327 e. The van der Waals surface area contributed by atoms with Gasteiger partial charge in [-0.25, -0.2) is 0 Å². The summed E-state index contributed by atoms with van der Waals surface area (Å²) >= 11 is 0. The summed E-state index contributed by atoms with van der Waals surface area (Å²) in [5.74, 6) is 0. The van der Waals surface area contributed by atoms with Crippen molar-refractivity contribution in [3.8, 4) is 0 Å². The molecule has 0 saturated carbocycles. The fraction of sp³-hybridized carbons (Fsp3) is 0.273. The summed E-state index contributed by atoms with van der Waals surface area (Å²) < 4.78 is 0. The SMILES string of the molecule is C=C(CN)Cc1cccc(C)c1. The fourth-order valence-electron chi connectivity index (χ4n) is 1.18. The van der Waals surface area contributed by atoms with Crippen LogP contribution in [0.4, 0.5) is 0 Å². The minimum absolute atomic E-state index is 0.577. The Hall–Kier alpha value is -1.08. The van der Waals surface area contributed by atoms with Gasteiger partial charge in [0, 0.05) is 6.54 Å². The van der Waals surface area contributed by atoms with Gasteiger partial charge in [-0.2, -0.15) is 0 Å². The summed E-state index contributed by atoms with van der Waals surface area (Å²) in [5.41, 5.74) is 9.13. The van der Waals surface area contributed by atoms with E-state index in [2.05, 4.69) is 37.8 Å². The third-order valence-corrected chi connectivity index (χ3v) is 1.83. The van der Waals surface area contributed by atoms with E-state index in [0.29, 0.717) is 6.54 Å². The molecule has 0 aliphatic heterocycles. The highest BCUT2D eigenvalue weighted by Gasteiger charge is 1.94. The maximum Gasteiger partial charge on any atom is 0.0137 e. The molecule has 0 bridgehead atoms. The second-order valence-corrected chi connectivity index (χ2v) is 3.12. The molecule has 1 nitrogen and oxygen atoms in total. The molecule has 0 atom stereocenters. The Morgan fingerprint density at radius 3 is 2.83 bits per heavy atom. The third kappa shape index (κ3) is 2.51. The molecule has 0 heterocycles. The van der Waals surface area contributed by atoms with E-state index >= 15 is 0 Å². The Kier molecular flexibility index (Phi) is 3.06. The van der Waals surface area contributed by atoms with Crippen LogP contribution in [-0.2, 0) is 6.42 Å². The van der Waals surface area contributed by atoms with Crippen LogP contribution in [0.3, 0.4) is 0 Å². The maximum absolute atomic E-state index is 5.46. The average molecular weight is 161 g/mol. The van der Waals surface area contributed by atoms with E-state index in [1.54, 1.807) is 0 Å². The smallest absolute Gasteiger partial charge is 0.0137 e. The van der Waals surface area contributed by atoms with Gasteiger partial charge in [0.2, 0.25) is 0 Å². The second-order valence-electron chi connectivity index (χ2n) is 3.12. The Morgan fingerprint density at radius 2 is 2.25 bits per heavy atom. The number of aryl methyl sites for hydroxylation is 1. The van der Waals surface area contributed by atoms with Crippen LogP contribution in [-0.4, -0.2) is 6.54 Å². The molecule has 1 aromatic rings. The van der Waals surface area contributed by atoms with Gasteiger partial charge in [-0.05, 0) is 18.9 Å². The van der Waals surface area contributed by atoms with Crippen molar-refractivity contribution >= 4 is 0 Å². The maximum atomic E-state index is 5.46. The highest BCUT2D eigenvalue weighted by Crippen LogP contribution is 2.07. The van der Waals surface area contributed by atoms with Gasteiger partial charge in [0.05, 0.1) is 0 Å². The Labute approximate surface area is 73.9 Å². The van der Waals surface area contributed by atoms with E-state index in [0.717, 1.165) is 12.0 Å². The van der Waals surface area contributed by atoms with Crippen molar-refractivity contribution in [2.45, 2.75) is 13.3 Å². The zero-order chi connectivity index (χ0) is 8.97. The molecule has 0 saturated heterocycles. The van der Waals surface area contributed by atoms with Crippen LogP contribution in [0.5, 0.6) is 0 Å². The van der Waals surface area contributed by atoms with E-state index < -0.39 is 0 Å². The van der Waals surface area contributed by atoms with Gasteiger partial charge in [-0.15, -0.1) is 0 Å². The summed E-state index contributed by atoms with van der Waals surface area (Å²) in [4.78, 5) is 0. The number of nitrogens with two attached hydrogens (primary N) is 1. The molecule has 0 spiro atoms. The normalized spacial score (nSPS) is 9.83. The Morgan fingerprint density at radius 1 is 1.50 bits per heavy atom. The van der Waals surface area contributed by atoms with E-state index in [9.17, 15) is 0 Å². The number of benzene rings is 1. The molecule has 0 unspecified atom stereocenters. The molecule has 0 aliphatic rings. The zero-order valence-corrected chi connectivity index (χ0v) is 7.51. The quantitative estimate of drug-likeness (QED) is 0.675. The van der Waals surface area contributed by atoms with Crippen LogP contribution in [0.25, 0.3) is 0 Å². The van der Waals surface area contributed by atoms with Crippen molar-refractivity contribution in [3.63, 3.8) is 0 Å². The summed E-state index contributed by atoms with van der Waals surface area (Å²) in [6.07, 6.45) is 0.901. The molecule has 12 heavy (non-hydrogen) atoms. The minimum atomic E-state index is 0.577.